The van der Waals surface area contributed by atoms with Crippen molar-refractivity contribution < 1.29 is 13.5 Å². The van der Waals surface area contributed by atoms with Crippen LogP contribution in [0.4, 0.5) is 5.69 Å². The monoisotopic (exact) mass is 330 g/mol. The molecule has 1 aromatic carbocycles. The molecular weight excluding hydrogens is 312 g/mol. The first-order chi connectivity index (χ1) is 9.82. The maximum atomic E-state index is 12.9. The van der Waals surface area contributed by atoms with Crippen LogP contribution in [0.25, 0.3) is 0 Å². The number of nitrogens with zero attached hydrogens (tertiary/aromatic N) is 1. The SMILES string of the molecule is CN1C2CCC1CC(S(=O)(=O)c1c(Cl)ccc(N)c1O)C2. The second-order valence-corrected chi connectivity index (χ2v) is 8.58. The molecule has 7 heteroatoms. The van der Waals surface area contributed by atoms with Crippen LogP contribution in [-0.4, -0.2) is 42.8 Å². The molecule has 3 N–H and O–H groups in total. The van der Waals surface area contributed by atoms with E-state index in [9.17, 15) is 13.5 Å². The summed E-state index contributed by atoms with van der Waals surface area (Å²) in [6.07, 6.45) is 3.23. The van der Waals surface area contributed by atoms with E-state index in [2.05, 4.69) is 11.9 Å². The molecule has 2 heterocycles. The molecule has 1 aromatic rings. The van der Waals surface area contributed by atoms with E-state index < -0.39 is 20.8 Å². The third-order valence-corrected chi connectivity index (χ3v) is 7.56. The number of piperidine rings is 1. The first-order valence-corrected chi connectivity index (χ1v) is 8.97. The van der Waals surface area contributed by atoms with Gasteiger partial charge in [-0.3, -0.25) is 0 Å². The van der Waals surface area contributed by atoms with Gasteiger partial charge in [0.15, 0.2) is 15.6 Å². The maximum Gasteiger partial charge on any atom is 0.186 e. The van der Waals surface area contributed by atoms with Crippen LogP contribution in [0.2, 0.25) is 5.02 Å². The number of anilines is 1. The Morgan fingerprint density at radius 1 is 1.29 bits per heavy atom. The van der Waals surface area contributed by atoms with Crippen molar-refractivity contribution in [2.45, 2.75) is 47.9 Å². The molecule has 0 aliphatic carbocycles. The lowest BCUT2D eigenvalue weighted by atomic mass is 10.0. The number of sulfone groups is 1. The van der Waals surface area contributed by atoms with E-state index in [1.54, 1.807) is 0 Å². The van der Waals surface area contributed by atoms with Gasteiger partial charge in [-0.25, -0.2) is 8.42 Å². The summed E-state index contributed by atoms with van der Waals surface area (Å²) in [6, 6.07) is 3.43. The normalized spacial score (nSPS) is 29.7. The topological polar surface area (TPSA) is 83.6 Å². The van der Waals surface area contributed by atoms with Gasteiger partial charge < -0.3 is 15.7 Å². The highest BCUT2D eigenvalue weighted by Crippen LogP contribution is 2.43. The molecule has 0 saturated carbocycles. The van der Waals surface area contributed by atoms with Crippen LogP contribution >= 0.6 is 11.6 Å². The van der Waals surface area contributed by atoms with E-state index in [4.69, 9.17) is 17.3 Å². The van der Waals surface area contributed by atoms with Gasteiger partial charge >= 0.3 is 0 Å². The largest absolute Gasteiger partial charge is 0.504 e. The lowest BCUT2D eigenvalue weighted by Crippen LogP contribution is -2.44. The van der Waals surface area contributed by atoms with Crippen molar-refractivity contribution in [3.63, 3.8) is 0 Å². The Kier molecular flexibility index (Phi) is 3.58. The second-order valence-electron chi connectivity index (χ2n) is 6.00. The van der Waals surface area contributed by atoms with Crippen LogP contribution in [0.5, 0.6) is 5.75 Å². The van der Waals surface area contributed by atoms with Crippen LogP contribution in [-0.2, 0) is 9.84 Å². The molecule has 3 rings (SSSR count). The number of hydrogen-bond donors (Lipinski definition) is 2. The van der Waals surface area contributed by atoms with Gasteiger partial charge in [-0.2, -0.15) is 0 Å². The predicted octanol–water partition coefficient (Wildman–Crippen LogP) is 2.03. The molecule has 0 radical (unpaired) electrons. The molecule has 2 bridgehead atoms. The van der Waals surface area contributed by atoms with Gasteiger partial charge in [0.1, 0.15) is 4.90 Å². The van der Waals surface area contributed by atoms with Gasteiger partial charge in [0.05, 0.1) is 16.0 Å². The summed E-state index contributed by atoms with van der Waals surface area (Å²) < 4.78 is 25.8. The van der Waals surface area contributed by atoms with E-state index in [1.165, 1.54) is 12.1 Å². The number of benzene rings is 1. The third-order valence-electron chi connectivity index (χ3n) is 4.89. The number of nitrogen functional groups attached to an aromatic ring is 1. The Balaban J connectivity index is 2.01. The minimum atomic E-state index is -3.68. The summed E-state index contributed by atoms with van der Waals surface area (Å²) in [5, 5.41) is 9.58. The van der Waals surface area contributed by atoms with Gasteiger partial charge in [-0.15, -0.1) is 0 Å². The molecule has 2 fully saturated rings. The van der Waals surface area contributed by atoms with Crippen LogP contribution in [0, 0.1) is 0 Å². The highest BCUT2D eigenvalue weighted by Gasteiger charge is 2.44. The van der Waals surface area contributed by atoms with Crippen molar-refractivity contribution in [2.24, 2.45) is 0 Å². The minimum absolute atomic E-state index is 0.0352. The lowest BCUT2D eigenvalue weighted by molar-refractivity contribution is 0.180. The lowest BCUT2D eigenvalue weighted by Gasteiger charge is -2.36. The fourth-order valence-electron chi connectivity index (χ4n) is 3.61. The summed E-state index contributed by atoms with van der Waals surface area (Å²) in [6.45, 7) is 0. The number of phenolic OH excluding ortho intramolecular Hbond substituents is 1. The van der Waals surface area contributed by atoms with Gasteiger partial charge in [0.2, 0.25) is 0 Å². The Hall–Kier alpha value is -0.980. The predicted molar refractivity (Wildman–Crippen MR) is 82.3 cm³/mol. The van der Waals surface area contributed by atoms with Crippen LogP contribution in [0.3, 0.4) is 0 Å². The van der Waals surface area contributed by atoms with Gasteiger partial charge in [0.25, 0.3) is 0 Å². The Morgan fingerprint density at radius 3 is 2.43 bits per heavy atom. The number of nitrogens with two attached hydrogens (primary N) is 1. The zero-order chi connectivity index (χ0) is 15.4. The van der Waals surface area contributed by atoms with Gasteiger partial charge in [-0.1, -0.05) is 11.6 Å². The molecule has 2 saturated heterocycles. The van der Waals surface area contributed by atoms with Gasteiger partial charge in [-0.05, 0) is 44.9 Å². The van der Waals surface area contributed by atoms with E-state index in [0.29, 0.717) is 24.9 Å². The number of hydrogen-bond acceptors (Lipinski definition) is 5. The molecule has 5 nitrogen and oxygen atoms in total. The molecule has 0 spiro atoms. The molecule has 2 unspecified atom stereocenters. The molecule has 21 heavy (non-hydrogen) atoms. The van der Waals surface area contributed by atoms with Crippen LogP contribution in [0.1, 0.15) is 25.7 Å². The average molecular weight is 331 g/mol. The van der Waals surface area contributed by atoms with Crippen molar-refractivity contribution in [1.82, 2.24) is 4.90 Å². The second kappa shape index (κ2) is 5.04. The highest BCUT2D eigenvalue weighted by atomic mass is 35.5. The first kappa shape index (κ1) is 14.9. The van der Waals surface area contributed by atoms with E-state index >= 15 is 0 Å². The summed E-state index contributed by atoms with van der Waals surface area (Å²) in [5.41, 5.74) is 5.66. The molecule has 2 aliphatic heterocycles. The fourth-order valence-corrected chi connectivity index (χ4v) is 6.10. The molecule has 116 valence electrons. The number of halogens is 1. The Labute approximate surface area is 129 Å². The summed E-state index contributed by atoms with van der Waals surface area (Å²) >= 11 is 6.02. The zero-order valence-corrected chi connectivity index (χ0v) is 13.4. The smallest absolute Gasteiger partial charge is 0.186 e. The average Bonchev–Trinajstić information content (AvgIpc) is 2.65. The quantitative estimate of drug-likeness (QED) is 0.640. The molecular formula is C14H19ClN2O3S. The number of phenols is 1. The minimum Gasteiger partial charge on any atom is -0.504 e. The van der Waals surface area contributed by atoms with Crippen LogP contribution in [0.15, 0.2) is 17.0 Å². The number of aromatic hydroxyl groups is 1. The number of rotatable bonds is 2. The first-order valence-electron chi connectivity index (χ1n) is 7.05. The Morgan fingerprint density at radius 2 is 1.86 bits per heavy atom. The van der Waals surface area contributed by atoms with Crippen molar-refractivity contribution in [1.29, 1.82) is 0 Å². The van der Waals surface area contributed by atoms with Crippen molar-refractivity contribution >= 4 is 27.1 Å². The van der Waals surface area contributed by atoms with Crippen molar-refractivity contribution in [3.8, 4) is 5.75 Å². The highest BCUT2D eigenvalue weighted by molar-refractivity contribution is 7.92. The van der Waals surface area contributed by atoms with E-state index in [-0.39, 0.29) is 15.6 Å². The zero-order valence-electron chi connectivity index (χ0n) is 11.8. The molecule has 0 aromatic heterocycles. The molecule has 0 amide bonds. The third kappa shape index (κ3) is 2.29. The van der Waals surface area contributed by atoms with Crippen molar-refractivity contribution in [2.75, 3.05) is 12.8 Å². The molecule has 2 atom stereocenters. The number of fused-ring (bicyclic) bond motifs is 2. The van der Waals surface area contributed by atoms with E-state index in [0.717, 1.165) is 12.8 Å². The van der Waals surface area contributed by atoms with Crippen molar-refractivity contribution in [3.05, 3.63) is 17.2 Å². The van der Waals surface area contributed by atoms with Crippen LogP contribution < -0.4 is 5.73 Å². The summed E-state index contributed by atoms with van der Waals surface area (Å²) in [7, 11) is -1.63. The maximum absolute atomic E-state index is 12.9. The van der Waals surface area contributed by atoms with Gasteiger partial charge in [0, 0.05) is 12.1 Å². The standard InChI is InChI=1S/C14H19ClN2O3S/c1-17-8-2-3-9(17)7-10(6-8)21(19,20)14-11(15)4-5-12(16)13(14)18/h4-5,8-10,18H,2-3,6-7,16H2,1H3. The summed E-state index contributed by atoms with van der Waals surface area (Å²) in [5.74, 6) is -0.422. The Bertz CT molecular complexity index is 663. The van der Waals surface area contributed by atoms with E-state index in [1.807, 2.05) is 0 Å². The summed E-state index contributed by atoms with van der Waals surface area (Å²) in [4.78, 5) is 2.06. The molecule has 2 aliphatic rings. The fraction of sp³-hybridized carbons (Fsp3) is 0.571.